The fraction of sp³-hybridized carbons (Fsp3) is 0.762. The summed E-state index contributed by atoms with van der Waals surface area (Å²) >= 11 is 1.50. The van der Waals surface area contributed by atoms with E-state index in [9.17, 15) is 29.1 Å². The van der Waals surface area contributed by atoms with Gasteiger partial charge in [-0.3, -0.25) is 19.2 Å². The van der Waals surface area contributed by atoms with Gasteiger partial charge in [0.15, 0.2) is 0 Å². The van der Waals surface area contributed by atoms with E-state index < -0.39 is 53.8 Å². The van der Waals surface area contributed by atoms with Crippen molar-refractivity contribution >= 4 is 41.4 Å². The largest absolute Gasteiger partial charge is 0.480 e. The Bertz CT molecular complexity index is 690. The average molecular weight is 490 g/mol. The molecule has 0 spiro atoms. The standard InChI is InChI=1S/C21H39N5O6S/c1-6-12(4)16(23)19(29)24-13(9-10-33-5)18(28)26-17(11(2)3)20(30)25-14(21(31)32)7-8-15(22)27/h11-14,16-17H,6-10,23H2,1-5H3,(H2,22,27)(H,24,29)(H,25,30)(H,26,28)(H,31,32). The molecule has 0 radical (unpaired) electrons. The summed E-state index contributed by atoms with van der Waals surface area (Å²) in [6.07, 6.45) is 2.51. The van der Waals surface area contributed by atoms with E-state index in [0.29, 0.717) is 18.6 Å². The summed E-state index contributed by atoms with van der Waals surface area (Å²) in [5.74, 6) is -3.59. The molecule has 0 aliphatic heterocycles. The van der Waals surface area contributed by atoms with Crippen molar-refractivity contribution in [2.75, 3.05) is 12.0 Å². The Kier molecular flexibility index (Phi) is 14.4. The maximum atomic E-state index is 13.0. The fourth-order valence-electron chi connectivity index (χ4n) is 2.88. The summed E-state index contributed by atoms with van der Waals surface area (Å²) in [5, 5.41) is 17.0. The molecule has 5 atom stereocenters. The van der Waals surface area contributed by atoms with Gasteiger partial charge in [-0.05, 0) is 36.7 Å². The van der Waals surface area contributed by atoms with Gasteiger partial charge in [-0.2, -0.15) is 11.8 Å². The smallest absolute Gasteiger partial charge is 0.326 e. The lowest BCUT2D eigenvalue weighted by atomic mass is 9.98. The maximum Gasteiger partial charge on any atom is 0.326 e. The number of nitrogens with one attached hydrogen (secondary N) is 3. The second-order valence-corrected chi connectivity index (χ2v) is 9.37. The maximum absolute atomic E-state index is 13.0. The topological polar surface area (TPSA) is 194 Å². The lowest BCUT2D eigenvalue weighted by Gasteiger charge is -2.27. The molecule has 0 fully saturated rings. The van der Waals surface area contributed by atoms with Crippen LogP contribution in [0.4, 0.5) is 0 Å². The molecule has 0 saturated heterocycles. The first-order valence-corrected chi connectivity index (χ1v) is 12.4. The first-order chi connectivity index (χ1) is 15.3. The third kappa shape index (κ3) is 11.4. The molecule has 0 rings (SSSR count). The molecule has 4 amide bonds. The summed E-state index contributed by atoms with van der Waals surface area (Å²) in [4.78, 5) is 60.7. The van der Waals surface area contributed by atoms with E-state index in [2.05, 4.69) is 16.0 Å². The van der Waals surface area contributed by atoms with Crippen LogP contribution in [-0.2, 0) is 24.0 Å². The first-order valence-electron chi connectivity index (χ1n) is 11.0. The van der Waals surface area contributed by atoms with E-state index in [-0.39, 0.29) is 24.7 Å². The van der Waals surface area contributed by atoms with Gasteiger partial charge >= 0.3 is 5.97 Å². The molecular weight excluding hydrogens is 450 g/mol. The van der Waals surface area contributed by atoms with Crippen molar-refractivity contribution < 1.29 is 29.1 Å². The van der Waals surface area contributed by atoms with Crippen LogP contribution in [0.1, 0.15) is 53.4 Å². The molecule has 0 saturated carbocycles. The zero-order chi connectivity index (χ0) is 25.7. The number of thioether (sulfide) groups is 1. The highest BCUT2D eigenvalue weighted by Gasteiger charge is 2.32. The molecule has 0 aliphatic rings. The van der Waals surface area contributed by atoms with Crippen LogP contribution in [0.15, 0.2) is 0 Å². The minimum Gasteiger partial charge on any atom is -0.480 e. The number of carboxylic acids is 1. The average Bonchev–Trinajstić information content (AvgIpc) is 2.75. The van der Waals surface area contributed by atoms with Gasteiger partial charge in [0.05, 0.1) is 6.04 Å². The van der Waals surface area contributed by atoms with E-state index in [1.54, 1.807) is 13.8 Å². The summed E-state index contributed by atoms with van der Waals surface area (Å²) in [7, 11) is 0. The van der Waals surface area contributed by atoms with Crippen molar-refractivity contribution in [3.63, 3.8) is 0 Å². The summed E-state index contributed by atoms with van der Waals surface area (Å²) in [6, 6.07) is -4.06. The number of carbonyl (C=O) groups excluding carboxylic acids is 4. The minimum absolute atomic E-state index is 0.0724. The third-order valence-corrected chi connectivity index (χ3v) is 5.99. The van der Waals surface area contributed by atoms with E-state index in [0.717, 1.165) is 0 Å². The van der Waals surface area contributed by atoms with Crippen molar-refractivity contribution in [3.05, 3.63) is 0 Å². The van der Waals surface area contributed by atoms with E-state index >= 15 is 0 Å². The lowest BCUT2D eigenvalue weighted by Crippen LogP contribution is -2.59. The monoisotopic (exact) mass is 489 g/mol. The highest BCUT2D eigenvalue weighted by Crippen LogP contribution is 2.09. The van der Waals surface area contributed by atoms with Gasteiger partial charge in [0, 0.05) is 6.42 Å². The number of aliphatic carboxylic acids is 1. The molecule has 0 heterocycles. The van der Waals surface area contributed by atoms with E-state index in [1.165, 1.54) is 11.8 Å². The van der Waals surface area contributed by atoms with Gasteiger partial charge < -0.3 is 32.5 Å². The molecule has 0 aliphatic carbocycles. The highest BCUT2D eigenvalue weighted by atomic mass is 32.2. The number of amides is 4. The van der Waals surface area contributed by atoms with Crippen LogP contribution < -0.4 is 27.4 Å². The van der Waals surface area contributed by atoms with Gasteiger partial charge in [0.1, 0.15) is 18.1 Å². The van der Waals surface area contributed by atoms with Crippen molar-refractivity contribution in [2.45, 2.75) is 77.5 Å². The zero-order valence-corrected chi connectivity index (χ0v) is 20.9. The first kappa shape index (κ1) is 30.7. The molecule has 11 nitrogen and oxygen atoms in total. The molecule has 0 bridgehead atoms. The van der Waals surface area contributed by atoms with Crippen LogP contribution >= 0.6 is 11.8 Å². The van der Waals surface area contributed by atoms with Gasteiger partial charge in [-0.1, -0.05) is 34.1 Å². The Hall–Kier alpha value is -2.34. The van der Waals surface area contributed by atoms with Gasteiger partial charge in [0.25, 0.3) is 0 Å². The van der Waals surface area contributed by atoms with Crippen LogP contribution in [-0.4, -0.2) is 70.9 Å². The molecular formula is C21H39N5O6S. The quantitative estimate of drug-likeness (QED) is 0.168. The molecule has 33 heavy (non-hydrogen) atoms. The predicted molar refractivity (Wildman–Crippen MR) is 127 cm³/mol. The summed E-state index contributed by atoms with van der Waals surface area (Å²) in [6.45, 7) is 7.14. The Labute approximate surface area is 199 Å². The lowest BCUT2D eigenvalue weighted by molar-refractivity contribution is -0.143. The number of nitrogens with two attached hydrogens (primary N) is 2. The molecule has 0 aromatic heterocycles. The minimum atomic E-state index is -1.33. The molecule has 0 aromatic rings. The summed E-state index contributed by atoms with van der Waals surface area (Å²) < 4.78 is 0. The van der Waals surface area contributed by atoms with E-state index in [4.69, 9.17) is 11.5 Å². The third-order valence-electron chi connectivity index (χ3n) is 5.34. The fourth-order valence-corrected chi connectivity index (χ4v) is 3.35. The number of carbonyl (C=O) groups is 5. The van der Waals surface area contributed by atoms with Crippen molar-refractivity contribution in [3.8, 4) is 0 Å². The molecule has 8 N–H and O–H groups in total. The number of rotatable bonds is 16. The van der Waals surface area contributed by atoms with Crippen molar-refractivity contribution in [1.29, 1.82) is 0 Å². The zero-order valence-electron chi connectivity index (χ0n) is 20.1. The normalized spacial score (nSPS) is 15.6. The van der Waals surface area contributed by atoms with Crippen molar-refractivity contribution in [1.82, 2.24) is 16.0 Å². The van der Waals surface area contributed by atoms with Gasteiger partial charge in [0.2, 0.25) is 23.6 Å². The van der Waals surface area contributed by atoms with E-state index in [1.807, 2.05) is 20.1 Å². The number of hydrogen-bond acceptors (Lipinski definition) is 7. The Balaban J connectivity index is 5.41. The van der Waals surface area contributed by atoms with Crippen LogP contribution in [0.2, 0.25) is 0 Å². The molecule has 0 aromatic carbocycles. The van der Waals surface area contributed by atoms with Crippen LogP contribution in [0.3, 0.4) is 0 Å². The Morgan fingerprint density at radius 2 is 1.48 bits per heavy atom. The Morgan fingerprint density at radius 1 is 0.909 bits per heavy atom. The van der Waals surface area contributed by atoms with Gasteiger partial charge in [-0.25, -0.2) is 4.79 Å². The van der Waals surface area contributed by atoms with Crippen LogP contribution in [0.25, 0.3) is 0 Å². The SMILES string of the molecule is CCC(C)C(N)C(=O)NC(CCSC)C(=O)NC(C(=O)NC(CCC(N)=O)C(=O)O)C(C)C. The Morgan fingerprint density at radius 3 is 1.94 bits per heavy atom. The number of hydrogen-bond donors (Lipinski definition) is 6. The van der Waals surface area contributed by atoms with Crippen molar-refractivity contribution in [2.24, 2.45) is 23.3 Å². The predicted octanol–water partition coefficient (Wildman–Crippen LogP) is -0.427. The molecule has 12 heteroatoms. The van der Waals surface area contributed by atoms with Gasteiger partial charge in [-0.15, -0.1) is 0 Å². The molecule has 5 unspecified atom stereocenters. The molecule has 190 valence electrons. The number of carboxylic acid groups (broad SMARTS) is 1. The van der Waals surface area contributed by atoms with Crippen LogP contribution in [0.5, 0.6) is 0 Å². The highest BCUT2D eigenvalue weighted by molar-refractivity contribution is 7.98. The second kappa shape index (κ2) is 15.5. The summed E-state index contributed by atoms with van der Waals surface area (Å²) in [5.41, 5.74) is 11.0. The number of primary amides is 1. The second-order valence-electron chi connectivity index (χ2n) is 8.39. The van der Waals surface area contributed by atoms with Crippen LogP contribution in [0, 0.1) is 11.8 Å².